The zero-order valence-electron chi connectivity index (χ0n) is 34.3. The minimum absolute atomic E-state index is 0.0171. The normalized spacial score (nSPS) is 12.9. The maximum atomic E-state index is 2.61. The van der Waals surface area contributed by atoms with Gasteiger partial charge in [0, 0.05) is 56.3 Å². The first-order chi connectivity index (χ1) is 29.3. The van der Waals surface area contributed by atoms with Crippen molar-refractivity contribution >= 4 is 90.1 Å². The topological polar surface area (TPSA) is 16.3 Å². The largest absolute Gasteiger partial charge is 0.311 e. The van der Waals surface area contributed by atoms with Crippen LogP contribution in [0.5, 0.6) is 0 Å². The fraction of sp³-hybridized carbons (Fsp3) is 0.0909. The van der Waals surface area contributed by atoms with Gasteiger partial charge in [0.1, 0.15) is 0 Å². The molecule has 0 saturated heterocycles. The number of rotatable bonds is 5. The van der Waals surface area contributed by atoms with Crippen molar-refractivity contribution in [3.05, 3.63) is 199 Å². The number of benzene rings is 8. The SMILES string of the molecule is Cc1cc2c3c(c1)-n1c4c(cccc4c4c1c1ccccc1n4-c1ccccc1)B3c1ccc(N(c3ccccc3)c3ccccc3)cc1N2c1cccc(C(C)(C)C)c1. The van der Waals surface area contributed by atoms with Crippen molar-refractivity contribution in [2.75, 3.05) is 9.80 Å². The van der Waals surface area contributed by atoms with Crippen LogP contribution in [0.1, 0.15) is 31.9 Å². The average Bonchev–Trinajstić information content (AvgIpc) is 3.79. The summed E-state index contributed by atoms with van der Waals surface area (Å²) >= 11 is 0. The van der Waals surface area contributed by atoms with Gasteiger partial charge in [0.15, 0.2) is 0 Å². The third kappa shape index (κ3) is 4.99. The quantitative estimate of drug-likeness (QED) is 0.162. The fourth-order valence-electron chi connectivity index (χ4n) is 10.3. The zero-order chi connectivity index (χ0) is 40.3. The highest BCUT2D eigenvalue weighted by molar-refractivity contribution is 7.00. The number of aromatic nitrogens is 2. The van der Waals surface area contributed by atoms with Gasteiger partial charge < -0.3 is 18.9 Å². The number of aryl methyl sites for hydroxylation is 1. The number of hydrogen-bond donors (Lipinski definition) is 0. The van der Waals surface area contributed by atoms with Gasteiger partial charge in [-0.15, -0.1) is 0 Å². The molecule has 2 aromatic heterocycles. The molecule has 10 aromatic rings. The highest BCUT2D eigenvalue weighted by atomic mass is 15.2. The summed E-state index contributed by atoms with van der Waals surface area (Å²) in [6, 6.07) is 69.6. The molecule has 2 aliphatic heterocycles. The van der Waals surface area contributed by atoms with Crippen LogP contribution in [0.4, 0.5) is 34.1 Å². The monoisotopic (exact) mass is 770 g/mol. The molecule has 0 fully saturated rings. The Kier molecular flexibility index (Phi) is 7.47. The molecule has 12 rings (SSSR count). The summed E-state index contributed by atoms with van der Waals surface area (Å²) in [6.07, 6.45) is 0. The maximum absolute atomic E-state index is 2.61. The molecule has 0 radical (unpaired) electrons. The van der Waals surface area contributed by atoms with Gasteiger partial charge in [0.05, 0.1) is 22.1 Å². The lowest BCUT2D eigenvalue weighted by atomic mass is 9.33. The zero-order valence-corrected chi connectivity index (χ0v) is 34.3. The summed E-state index contributed by atoms with van der Waals surface area (Å²) in [6.45, 7) is 9.21. The van der Waals surface area contributed by atoms with Gasteiger partial charge in [0.2, 0.25) is 0 Å². The van der Waals surface area contributed by atoms with Crippen LogP contribution in [0.2, 0.25) is 0 Å². The Morgan fingerprint density at radius 1 is 0.450 bits per heavy atom. The highest BCUT2D eigenvalue weighted by Crippen LogP contribution is 2.47. The van der Waals surface area contributed by atoms with Gasteiger partial charge in [-0.05, 0) is 119 Å². The van der Waals surface area contributed by atoms with Crippen molar-refractivity contribution in [2.45, 2.75) is 33.1 Å². The third-order valence-electron chi connectivity index (χ3n) is 12.8. The van der Waals surface area contributed by atoms with E-state index in [1.807, 2.05) is 0 Å². The number of nitrogens with zero attached hydrogens (tertiary/aromatic N) is 4. The van der Waals surface area contributed by atoms with Crippen LogP contribution in [0, 0.1) is 6.92 Å². The first kappa shape index (κ1) is 34.8. The lowest BCUT2D eigenvalue weighted by molar-refractivity contribution is 0.590. The Balaban J connectivity index is 1.20. The highest BCUT2D eigenvalue weighted by Gasteiger charge is 2.43. The third-order valence-corrected chi connectivity index (χ3v) is 12.8. The summed E-state index contributed by atoms with van der Waals surface area (Å²) in [7, 11) is 0. The lowest BCUT2D eigenvalue weighted by Crippen LogP contribution is -2.60. The van der Waals surface area contributed by atoms with E-state index in [1.165, 1.54) is 88.8 Å². The molecule has 4 heterocycles. The molecule has 0 amide bonds. The van der Waals surface area contributed by atoms with E-state index in [1.54, 1.807) is 0 Å². The molecule has 4 nitrogen and oxygen atoms in total. The molecule has 0 unspecified atom stereocenters. The van der Waals surface area contributed by atoms with Crippen molar-refractivity contribution in [3.8, 4) is 11.4 Å². The smallest absolute Gasteiger partial charge is 0.252 e. The summed E-state index contributed by atoms with van der Waals surface area (Å²) < 4.78 is 5.09. The summed E-state index contributed by atoms with van der Waals surface area (Å²) in [5, 5.41) is 2.53. The summed E-state index contributed by atoms with van der Waals surface area (Å²) in [4.78, 5) is 4.94. The second-order valence-electron chi connectivity index (χ2n) is 17.5. The van der Waals surface area contributed by atoms with E-state index in [4.69, 9.17) is 0 Å². The van der Waals surface area contributed by atoms with E-state index in [0.717, 1.165) is 17.1 Å². The molecule has 0 bridgehead atoms. The molecular weight excluding hydrogens is 727 g/mol. The van der Waals surface area contributed by atoms with E-state index < -0.39 is 0 Å². The van der Waals surface area contributed by atoms with Crippen LogP contribution in [0.25, 0.3) is 44.2 Å². The van der Waals surface area contributed by atoms with Crippen molar-refractivity contribution < 1.29 is 0 Å². The standard InChI is InChI=1S/C55H43BN4/c1-36-32-49-51-50(33-36)60-52-44(54-53(60)43-26-14-15-29-47(43)59(54)40-23-12-7-13-24-40)27-17-28-46(52)56(51)45-31-30-42(57(38-19-8-5-9-20-38)39-21-10-6-11-22-39)35-48(45)58(49)41-25-16-18-37(34-41)55(2,3)4/h5-35H,1-4H3. The molecule has 2 aliphatic rings. The Bertz CT molecular complexity index is 3280. The summed E-state index contributed by atoms with van der Waals surface area (Å²) in [5.74, 6) is 0. The minimum Gasteiger partial charge on any atom is -0.311 e. The van der Waals surface area contributed by atoms with Crippen molar-refractivity contribution in [1.29, 1.82) is 0 Å². The molecule has 60 heavy (non-hydrogen) atoms. The van der Waals surface area contributed by atoms with Gasteiger partial charge in [0.25, 0.3) is 6.71 Å². The lowest BCUT2D eigenvalue weighted by Gasteiger charge is -2.41. The van der Waals surface area contributed by atoms with E-state index in [9.17, 15) is 0 Å². The van der Waals surface area contributed by atoms with E-state index >= 15 is 0 Å². The average molecular weight is 771 g/mol. The molecule has 0 aliphatic carbocycles. The van der Waals surface area contributed by atoms with Crippen molar-refractivity contribution in [1.82, 2.24) is 9.13 Å². The van der Waals surface area contributed by atoms with Crippen LogP contribution < -0.4 is 26.2 Å². The van der Waals surface area contributed by atoms with E-state index in [2.05, 4.69) is 235 Å². The van der Waals surface area contributed by atoms with Gasteiger partial charge in [-0.3, -0.25) is 0 Å². The van der Waals surface area contributed by atoms with Crippen molar-refractivity contribution in [2.24, 2.45) is 0 Å². The van der Waals surface area contributed by atoms with Crippen LogP contribution in [-0.4, -0.2) is 15.8 Å². The van der Waals surface area contributed by atoms with Gasteiger partial charge >= 0.3 is 0 Å². The molecule has 286 valence electrons. The van der Waals surface area contributed by atoms with Crippen LogP contribution in [0.3, 0.4) is 0 Å². The maximum Gasteiger partial charge on any atom is 0.252 e. The Labute approximate surface area is 351 Å². The van der Waals surface area contributed by atoms with E-state index in [0.29, 0.717) is 0 Å². The Hall–Kier alpha value is -7.24. The fourth-order valence-corrected chi connectivity index (χ4v) is 10.3. The van der Waals surface area contributed by atoms with Crippen LogP contribution in [-0.2, 0) is 5.41 Å². The predicted octanol–water partition coefficient (Wildman–Crippen LogP) is 12.4. The first-order valence-electron chi connectivity index (χ1n) is 21.1. The number of anilines is 6. The van der Waals surface area contributed by atoms with Crippen LogP contribution in [0.15, 0.2) is 188 Å². The molecule has 0 saturated carbocycles. The molecule has 5 heteroatoms. The second kappa shape index (κ2) is 12.9. The number of fused-ring (bicyclic) bond motifs is 9. The minimum atomic E-state index is -0.0171. The Morgan fingerprint density at radius 2 is 1.07 bits per heavy atom. The Morgan fingerprint density at radius 3 is 1.80 bits per heavy atom. The summed E-state index contributed by atoms with van der Waals surface area (Å²) in [5.41, 5.74) is 20.9. The predicted molar refractivity (Wildman–Crippen MR) is 255 cm³/mol. The number of hydrogen-bond acceptors (Lipinski definition) is 2. The van der Waals surface area contributed by atoms with Crippen molar-refractivity contribution in [3.63, 3.8) is 0 Å². The van der Waals surface area contributed by atoms with Crippen LogP contribution >= 0.6 is 0 Å². The van der Waals surface area contributed by atoms with Gasteiger partial charge in [-0.2, -0.15) is 0 Å². The van der Waals surface area contributed by atoms with Gasteiger partial charge in [-0.25, -0.2) is 0 Å². The molecule has 0 spiro atoms. The molecule has 0 N–H and O–H groups in total. The second-order valence-corrected chi connectivity index (χ2v) is 17.5. The van der Waals surface area contributed by atoms with E-state index in [-0.39, 0.29) is 12.1 Å². The molecule has 0 atom stereocenters. The molecule has 8 aromatic carbocycles. The number of para-hydroxylation sites is 5. The van der Waals surface area contributed by atoms with Gasteiger partial charge in [-0.1, -0.05) is 130 Å². The first-order valence-corrected chi connectivity index (χ1v) is 21.1. The molecular formula is C55H43BN4.